The van der Waals surface area contributed by atoms with E-state index in [1.165, 1.54) is 17.7 Å². The van der Waals surface area contributed by atoms with Gasteiger partial charge in [-0.05, 0) is 48.3 Å². The SMILES string of the molecule is O=c1[nH][c-]nc(C2CCC(c3ccccc3)CC2)c1Cc1cccc(C(F)(F)F)c1.[CH-]=C/C=C\[CH]=[Ni]. The van der Waals surface area contributed by atoms with Gasteiger partial charge in [0.2, 0.25) is 0 Å². The molecule has 0 radical (unpaired) electrons. The standard InChI is InChI=1S/C24H22F3N2O.C5H5.Ni/c25-24(26,27)20-8-4-5-16(13-20)14-21-22(28-15-29-23(21)30)19-11-9-18(10-12-19)17-6-2-1-3-7-17;1-3-5-4-2;/h1-8,13,18-19H,9-12,14H2,(H,28,29,30);1-5H;/q2*-1;/b;5-3-;. The van der Waals surface area contributed by atoms with Crippen molar-refractivity contribution in [1.29, 1.82) is 0 Å². The van der Waals surface area contributed by atoms with Gasteiger partial charge in [-0.25, -0.2) is 0 Å². The number of aromatic amines is 1. The molecule has 3 aromatic rings. The quantitative estimate of drug-likeness (QED) is 0.223. The summed E-state index contributed by atoms with van der Waals surface area (Å²) in [5, 5.41) is 0. The van der Waals surface area contributed by atoms with Gasteiger partial charge in [-0.15, -0.1) is 0 Å². The Morgan fingerprint density at radius 1 is 1.03 bits per heavy atom. The number of alkyl halides is 3. The van der Waals surface area contributed by atoms with Crippen molar-refractivity contribution in [3.8, 4) is 0 Å². The molecule has 1 fully saturated rings. The molecule has 1 aromatic heterocycles. The summed E-state index contributed by atoms with van der Waals surface area (Å²) in [6.45, 7) is 4.94. The van der Waals surface area contributed by atoms with Gasteiger partial charge in [0.25, 0.3) is 0 Å². The number of aromatic nitrogens is 2. The Morgan fingerprint density at radius 2 is 1.72 bits per heavy atom. The molecule has 1 aliphatic carbocycles. The number of H-pyrrole nitrogens is 1. The zero-order valence-corrected chi connectivity index (χ0v) is 20.6. The molecule has 0 spiro atoms. The maximum absolute atomic E-state index is 13.0. The molecule has 3 nitrogen and oxygen atoms in total. The van der Waals surface area contributed by atoms with Crippen LogP contribution in [0.4, 0.5) is 13.2 Å². The normalized spacial score (nSPS) is 17.8. The Hall–Kier alpha value is -3.05. The molecule has 4 rings (SSSR count). The number of rotatable bonds is 6. The summed E-state index contributed by atoms with van der Waals surface area (Å²) in [6.07, 6.45) is 6.86. The summed E-state index contributed by atoms with van der Waals surface area (Å²) in [5.41, 5.74) is 1.84. The van der Waals surface area contributed by atoms with E-state index in [9.17, 15) is 18.0 Å². The van der Waals surface area contributed by atoms with Gasteiger partial charge in [0.05, 0.1) is 5.56 Å². The molecule has 0 amide bonds. The number of halogens is 3. The minimum absolute atomic E-state index is 0.115. The first-order valence-electron chi connectivity index (χ1n) is 11.6. The third-order valence-corrected chi connectivity index (χ3v) is 6.42. The second kappa shape index (κ2) is 13.3. The Bertz CT molecular complexity index is 1220. The minimum atomic E-state index is -4.41. The van der Waals surface area contributed by atoms with Crippen LogP contribution in [-0.4, -0.2) is 15.0 Å². The number of nitrogens with zero attached hydrogens (tertiary/aromatic N) is 1. The number of allylic oxidation sites excluding steroid dienone is 3. The molecule has 1 aliphatic rings. The molecule has 0 aliphatic heterocycles. The predicted molar refractivity (Wildman–Crippen MR) is 132 cm³/mol. The Labute approximate surface area is 217 Å². The predicted octanol–water partition coefficient (Wildman–Crippen LogP) is 6.50. The first-order chi connectivity index (χ1) is 17.3. The summed E-state index contributed by atoms with van der Waals surface area (Å²) in [4.78, 5) is 20.8. The van der Waals surface area contributed by atoms with Gasteiger partial charge in [-0.2, -0.15) is 13.2 Å². The molecule has 1 heterocycles. The van der Waals surface area contributed by atoms with Crippen molar-refractivity contribution < 1.29 is 28.2 Å². The molecule has 36 heavy (non-hydrogen) atoms. The van der Waals surface area contributed by atoms with Crippen molar-refractivity contribution in [2.75, 3.05) is 0 Å². The Balaban J connectivity index is 0.000000538. The van der Waals surface area contributed by atoms with Crippen LogP contribution in [0.15, 0.2) is 77.6 Å². The van der Waals surface area contributed by atoms with E-state index >= 15 is 0 Å². The fourth-order valence-electron chi connectivity index (χ4n) is 4.49. The van der Waals surface area contributed by atoms with Crippen molar-refractivity contribution in [2.45, 2.75) is 50.1 Å². The van der Waals surface area contributed by atoms with Gasteiger partial charge in [0.1, 0.15) is 5.56 Å². The summed E-state index contributed by atoms with van der Waals surface area (Å²) < 4.78 is 39.1. The molecule has 2 aromatic carbocycles. The molecule has 0 unspecified atom stereocenters. The average molecular weight is 535 g/mol. The van der Waals surface area contributed by atoms with Crippen LogP contribution in [0.3, 0.4) is 0 Å². The van der Waals surface area contributed by atoms with Crippen molar-refractivity contribution in [3.05, 3.63) is 124 Å². The monoisotopic (exact) mass is 534 g/mol. The Morgan fingerprint density at radius 3 is 2.33 bits per heavy atom. The summed E-state index contributed by atoms with van der Waals surface area (Å²) in [6, 6.07) is 15.5. The van der Waals surface area contributed by atoms with E-state index in [1.54, 1.807) is 23.2 Å². The van der Waals surface area contributed by atoms with Gasteiger partial charge in [0, 0.05) is 6.33 Å². The summed E-state index contributed by atoms with van der Waals surface area (Å²) >= 11 is 4.18. The van der Waals surface area contributed by atoms with Gasteiger partial charge in [-0.3, -0.25) is 0 Å². The Kier molecular flexibility index (Phi) is 10.2. The van der Waals surface area contributed by atoms with Crippen molar-refractivity contribution >= 4 is 4.99 Å². The fraction of sp³-hybridized carbons (Fsp3) is 0.276. The first kappa shape index (κ1) is 27.5. The van der Waals surface area contributed by atoms with E-state index in [4.69, 9.17) is 6.58 Å². The number of benzene rings is 2. The fourth-order valence-corrected chi connectivity index (χ4v) is 4.60. The molecular weight excluding hydrogens is 508 g/mol. The zero-order valence-electron chi connectivity index (χ0n) is 19.6. The molecule has 192 valence electrons. The van der Waals surface area contributed by atoms with E-state index in [-0.39, 0.29) is 17.9 Å². The van der Waals surface area contributed by atoms with Crippen LogP contribution in [0.5, 0.6) is 0 Å². The number of hydrogen-bond acceptors (Lipinski definition) is 2. The molecule has 7 heteroatoms. The first-order valence-corrected chi connectivity index (χ1v) is 12.2. The van der Waals surface area contributed by atoms with E-state index in [1.807, 2.05) is 18.2 Å². The zero-order chi connectivity index (χ0) is 26.0. The summed E-state index contributed by atoms with van der Waals surface area (Å²) in [7, 11) is 0. The molecular formula is C29H27F3N2NiO-2. The average Bonchev–Trinajstić information content (AvgIpc) is 2.89. The van der Waals surface area contributed by atoms with Crippen LogP contribution >= 0.6 is 0 Å². The van der Waals surface area contributed by atoms with Gasteiger partial charge in [-0.1, -0.05) is 72.6 Å². The van der Waals surface area contributed by atoms with Crippen LogP contribution in [0.1, 0.15) is 65.5 Å². The molecule has 0 bridgehead atoms. The third kappa shape index (κ3) is 7.73. The van der Waals surface area contributed by atoms with Crippen LogP contribution < -0.4 is 5.56 Å². The van der Waals surface area contributed by atoms with Crippen LogP contribution in [0, 0.1) is 12.9 Å². The number of nitrogens with one attached hydrogen (secondary N) is 1. The van der Waals surface area contributed by atoms with Gasteiger partial charge >= 0.3 is 51.0 Å². The van der Waals surface area contributed by atoms with E-state index in [2.05, 4.69) is 43.5 Å². The third-order valence-electron chi connectivity index (χ3n) is 6.23. The van der Waals surface area contributed by atoms with E-state index < -0.39 is 11.7 Å². The molecule has 0 saturated heterocycles. The second-order valence-electron chi connectivity index (χ2n) is 8.56. The molecule has 1 saturated carbocycles. The van der Waals surface area contributed by atoms with Crippen molar-refractivity contribution in [1.82, 2.24) is 9.97 Å². The van der Waals surface area contributed by atoms with Crippen molar-refractivity contribution in [2.24, 2.45) is 0 Å². The van der Waals surface area contributed by atoms with Crippen molar-refractivity contribution in [3.63, 3.8) is 0 Å². The van der Waals surface area contributed by atoms with E-state index in [0.29, 0.717) is 22.7 Å². The second-order valence-corrected chi connectivity index (χ2v) is 8.89. The summed E-state index contributed by atoms with van der Waals surface area (Å²) in [5.74, 6) is 0.602. The molecule has 1 N–H and O–H groups in total. The van der Waals surface area contributed by atoms with E-state index in [0.717, 1.165) is 37.8 Å². The van der Waals surface area contributed by atoms with Gasteiger partial charge < -0.3 is 14.8 Å². The topological polar surface area (TPSA) is 45.8 Å². The van der Waals surface area contributed by atoms with Crippen LogP contribution in [0.2, 0.25) is 0 Å². The number of hydrogen-bond donors (Lipinski definition) is 1. The van der Waals surface area contributed by atoms with Gasteiger partial charge in [0.15, 0.2) is 0 Å². The van der Waals surface area contributed by atoms with Crippen LogP contribution in [-0.2, 0) is 27.6 Å². The maximum atomic E-state index is 13.0. The molecule has 0 atom stereocenters. The van der Waals surface area contributed by atoms with Crippen LogP contribution in [0.25, 0.3) is 0 Å².